The average molecular weight is 139 g/mol. The summed E-state index contributed by atoms with van der Waals surface area (Å²) in [6, 6.07) is 0. The second kappa shape index (κ2) is 4.99. The van der Waals surface area contributed by atoms with Crippen LogP contribution in [-0.4, -0.2) is 12.3 Å². The van der Waals surface area contributed by atoms with Crippen molar-refractivity contribution in [1.82, 2.24) is 0 Å². The summed E-state index contributed by atoms with van der Waals surface area (Å²) in [4.78, 5) is 14.0. The van der Waals surface area contributed by atoms with Crippen molar-refractivity contribution in [2.24, 2.45) is 5.92 Å². The van der Waals surface area contributed by atoms with Gasteiger partial charge in [0.2, 0.25) is 6.54 Å². The van der Waals surface area contributed by atoms with Crippen LogP contribution in [0, 0.1) is 12.5 Å². The fraction of sp³-hybridized carbons (Fsp3) is 0.750. The molecule has 0 aliphatic heterocycles. The van der Waals surface area contributed by atoms with Crippen molar-refractivity contribution < 1.29 is 4.79 Å². The Morgan fingerprint density at radius 3 is 2.60 bits per heavy atom. The molecule has 0 heterocycles. The largest absolute Gasteiger partial charge is 0.317 e. The van der Waals surface area contributed by atoms with Gasteiger partial charge in [0, 0.05) is 12.3 Å². The molecule has 0 saturated heterocycles. The molecule has 0 bridgehead atoms. The number of carbonyl (C=O) groups excluding carboxylic acids is 1. The second-order valence-corrected chi connectivity index (χ2v) is 2.39. The first-order valence-electron chi connectivity index (χ1n) is 3.56. The first kappa shape index (κ1) is 9.16. The number of nitrogens with zero attached hydrogens (tertiary/aromatic N) is 1. The van der Waals surface area contributed by atoms with Gasteiger partial charge in [-0.3, -0.25) is 4.79 Å². The SMILES string of the molecule is [C-]#[N+]CCC(CC)C(C)=O. The summed E-state index contributed by atoms with van der Waals surface area (Å²) in [6.45, 7) is 10.6. The van der Waals surface area contributed by atoms with Crippen molar-refractivity contribution in [3.05, 3.63) is 11.4 Å². The molecule has 0 aliphatic carbocycles. The molecule has 0 fully saturated rings. The van der Waals surface area contributed by atoms with E-state index in [1.54, 1.807) is 6.92 Å². The summed E-state index contributed by atoms with van der Waals surface area (Å²) in [7, 11) is 0. The van der Waals surface area contributed by atoms with Gasteiger partial charge in [-0.25, -0.2) is 6.57 Å². The predicted molar refractivity (Wildman–Crippen MR) is 40.5 cm³/mol. The minimum atomic E-state index is 0.120. The Hall–Kier alpha value is -0.840. The number of ketones is 1. The van der Waals surface area contributed by atoms with E-state index in [9.17, 15) is 4.79 Å². The Morgan fingerprint density at radius 1 is 1.70 bits per heavy atom. The maximum Gasteiger partial charge on any atom is 0.215 e. The Labute approximate surface area is 62.1 Å². The molecule has 0 rings (SSSR count). The van der Waals surface area contributed by atoms with Gasteiger partial charge in [-0.05, 0) is 13.3 Å². The van der Waals surface area contributed by atoms with Gasteiger partial charge in [-0.1, -0.05) is 6.92 Å². The number of Topliss-reactive ketones (excluding diaryl/α,β-unsaturated/α-hetero) is 1. The van der Waals surface area contributed by atoms with Crippen molar-refractivity contribution in [2.45, 2.75) is 26.7 Å². The molecule has 0 aliphatic rings. The summed E-state index contributed by atoms with van der Waals surface area (Å²) in [6.07, 6.45) is 1.60. The molecule has 0 aromatic rings. The second-order valence-electron chi connectivity index (χ2n) is 2.39. The van der Waals surface area contributed by atoms with E-state index in [1.165, 1.54) is 0 Å². The fourth-order valence-electron chi connectivity index (χ4n) is 0.915. The third-order valence-electron chi connectivity index (χ3n) is 1.66. The summed E-state index contributed by atoms with van der Waals surface area (Å²) < 4.78 is 0. The molecule has 1 atom stereocenters. The zero-order valence-corrected chi connectivity index (χ0v) is 6.55. The van der Waals surface area contributed by atoms with E-state index in [0.717, 1.165) is 12.8 Å². The van der Waals surface area contributed by atoms with Crippen LogP contribution in [0.15, 0.2) is 0 Å². The van der Waals surface area contributed by atoms with E-state index in [4.69, 9.17) is 6.57 Å². The summed E-state index contributed by atoms with van der Waals surface area (Å²) in [5.41, 5.74) is 0. The normalized spacial score (nSPS) is 12.1. The molecular formula is C8H13NO. The number of hydrogen-bond acceptors (Lipinski definition) is 1. The lowest BCUT2D eigenvalue weighted by atomic mass is 9.99. The highest BCUT2D eigenvalue weighted by Crippen LogP contribution is 2.08. The summed E-state index contributed by atoms with van der Waals surface area (Å²) >= 11 is 0. The maximum atomic E-state index is 10.8. The molecule has 0 amide bonds. The predicted octanol–water partition coefficient (Wildman–Crippen LogP) is 1.91. The van der Waals surface area contributed by atoms with Gasteiger partial charge in [0.25, 0.3) is 0 Å². The molecule has 0 spiro atoms. The van der Waals surface area contributed by atoms with Gasteiger partial charge < -0.3 is 4.85 Å². The van der Waals surface area contributed by atoms with Crippen LogP contribution in [0.1, 0.15) is 26.7 Å². The van der Waals surface area contributed by atoms with Crippen molar-refractivity contribution in [1.29, 1.82) is 0 Å². The molecule has 2 nitrogen and oxygen atoms in total. The van der Waals surface area contributed by atoms with Gasteiger partial charge >= 0.3 is 0 Å². The average Bonchev–Trinajstić information content (AvgIpc) is 1.89. The van der Waals surface area contributed by atoms with Crippen molar-refractivity contribution >= 4 is 5.78 Å². The molecule has 0 N–H and O–H groups in total. The van der Waals surface area contributed by atoms with Crippen LogP contribution in [0.2, 0.25) is 0 Å². The van der Waals surface area contributed by atoms with Crippen LogP contribution in [0.5, 0.6) is 0 Å². The summed E-state index contributed by atoms with van der Waals surface area (Å²) in [5.74, 6) is 0.334. The molecule has 56 valence electrons. The van der Waals surface area contributed by atoms with Crippen LogP contribution in [-0.2, 0) is 4.79 Å². The fourth-order valence-corrected chi connectivity index (χ4v) is 0.915. The van der Waals surface area contributed by atoms with E-state index in [1.807, 2.05) is 6.92 Å². The highest BCUT2D eigenvalue weighted by molar-refractivity contribution is 5.78. The molecule has 0 saturated carbocycles. The van der Waals surface area contributed by atoms with Gasteiger partial charge in [0.15, 0.2) is 0 Å². The Morgan fingerprint density at radius 2 is 2.30 bits per heavy atom. The lowest BCUT2D eigenvalue weighted by Gasteiger charge is -2.04. The van der Waals surface area contributed by atoms with Crippen LogP contribution in [0.3, 0.4) is 0 Å². The smallest absolute Gasteiger partial charge is 0.215 e. The lowest BCUT2D eigenvalue weighted by molar-refractivity contribution is -0.120. The van der Waals surface area contributed by atoms with E-state index in [-0.39, 0.29) is 11.7 Å². The molecule has 0 radical (unpaired) electrons. The molecular weight excluding hydrogens is 126 g/mol. The van der Waals surface area contributed by atoms with Crippen LogP contribution in [0.25, 0.3) is 4.85 Å². The molecule has 1 unspecified atom stereocenters. The standard InChI is InChI=1S/C8H13NO/c1-4-8(7(2)10)5-6-9-3/h8H,4-6H2,1-2H3. The zero-order valence-electron chi connectivity index (χ0n) is 6.55. The van der Waals surface area contributed by atoms with E-state index in [2.05, 4.69) is 4.85 Å². The van der Waals surface area contributed by atoms with Gasteiger partial charge in [0.05, 0.1) is 0 Å². The third-order valence-corrected chi connectivity index (χ3v) is 1.66. The van der Waals surface area contributed by atoms with Gasteiger partial charge in [-0.2, -0.15) is 0 Å². The molecule has 2 heteroatoms. The maximum absolute atomic E-state index is 10.8. The van der Waals surface area contributed by atoms with E-state index < -0.39 is 0 Å². The van der Waals surface area contributed by atoms with Crippen molar-refractivity contribution in [2.75, 3.05) is 6.54 Å². The van der Waals surface area contributed by atoms with Crippen LogP contribution < -0.4 is 0 Å². The van der Waals surface area contributed by atoms with Crippen molar-refractivity contribution in [3.8, 4) is 0 Å². The van der Waals surface area contributed by atoms with Crippen LogP contribution >= 0.6 is 0 Å². The minimum Gasteiger partial charge on any atom is -0.317 e. The first-order chi connectivity index (χ1) is 4.72. The van der Waals surface area contributed by atoms with Crippen LogP contribution in [0.4, 0.5) is 0 Å². The highest BCUT2D eigenvalue weighted by Gasteiger charge is 2.11. The number of carbonyl (C=O) groups is 1. The lowest BCUT2D eigenvalue weighted by Crippen LogP contribution is -2.10. The first-order valence-corrected chi connectivity index (χ1v) is 3.56. The van der Waals surface area contributed by atoms with Gasteiger partial charge in [0.1, 0.15) is 5.78 Å². The quantitative estimate of drug-likeness (QED) is 0.545. The number of rotatable bonds is 4. The van der Waals surface area contributed by atoms with E-state index in [0.29, 0.717) is 6.54 Å². The Bertz CT molecular complexity index is 146. The van der Waals surface area contributed by atoms with Crippen molar-refractivity contribution in [3.63, 3.8) is 0 Å². The van der Waals surface area contributed by atoms with Gasteiger partial charge in [-0.15, -0.1) is 0 Å². The topological polar surface area (TPSA) is 21.4 Å². The third kappa shape index (κ3) is 3.24. The molecule has 10 heavy (non-hydrogen) atoms. The number of hydrogen-bond donors (Lipinski definition) is 0. The zero-order chi connectivity index (χ0) is 7.98. The van der Waals surface area contributed by atoms with E-state index >= 15 is 0 Å². The molecule has 0 aromatic heterocycles. The Kier molecular flexibility index (Phi) is 4.57. The monoisotopic (exact) mass is 139 g/mol. The molecule has 0 aromatic carbocycles. The minimum absolute atomic E-state index is 0.120. The Balaban J connectivity index is 3.63. The summed E-state index contributed by atoms with van der Waals surface area (Å²) in [5, 5.41) is 0. The highest BCUT2D eigenvalue weighted by atomic mass is 16.1.